The fourth-order valence-electron chi connectivity index (χ4n) is 0.357. The molecule has 0 spiro atoms. The van der Waals surface area contributed by atoms with E-state index in [4.69, 9.17) is 9.52 Å². The van der Waals surface area contributed by atoms with Crippen LogP contribution in [-0.2, 0) is 14.4 Å². The maximum Gasteiger partial charge on any atom is 0.0702 e. The van der Waals surface area contributed by atoms with Crippen LogP contribution >= 0.6 is 0 Å². The van der Waals surface area contributed by atoms with Crippen molar-refractivity contribution in [1.82, 2.24) is 0 Å². The van der Waals surface area contributed by atoms with Gasteiger partial charge in [0.1, 0.15) is 0 Å². The molecule has 3 nitrogen and oxygen atoms in total. The number of hydrogen-bond acceptors (Lipinski definition) is 3. The zero-order valence-corrected chi connectivity index (χ0v) is 6.99. The Bertz CT molecular complexity index is 162. The lowest BCUT2D eigenvalue weighted by Crippen LogP contribution is -1.96. The minimum Gasteiger partial charge on any atom is -0.383 e. The van der Waals surface area contributed by atoms with Crippen LogP contribution in [0.2, 0.25) is 0 Å². The van der Waals surface area contributed by atoms with Crippen molar-refractivity contribution in [3.8, 4) is 0 Å². The minimum atomic E-state index is -1.40. The average Bonchev–Trinajstić information content (AvgIpc) is 1.63. The van der Waals surface area contributed by atoms with E-state index in [0.29, 0.717) is 13.2 Å². The molecule has 0 aromatic heterocycles. The van der Waals surface area contributed by atoms with Crippen molar-refractivity contribution in [3.05, 3.63) is 0 Å². The molecule has 0 aliphatic heterocycles. The monoisotopic (exact) mass is 150 g/mol. The van der Waals surface area contributed by atoms with Crippen molar-refractivity contribution in [2.24, 2.45) is 4.36 Å². The molecule has 0 heterocycles. The van der Waals surface area contributed by atoms with Gasteiger partial charge in [-0.2, -0.15) is 0 Å². The largest absolute Gasteiger partial charge is 0.383 e. The van der Waals surface area contributed by atoms with Crippen molar-refractivity contribution in [3.63, 3.8) is 0 Å². The van der Waals surface area contributed by atoms with Gasteiger partial charge in [0, 0.05) is 19.6 Å². The number of ether oxygens (including phenoxy) is 1. The van der Waals surface area contributed by atoms with Crippen LogP contribution in [0.3, 0.4) is 0 Å². The Morgan fingerprint density at radius 2 is 2.11 bits per heavy atom. The van der Waals surface area contributed by atoms with Crippen molar-refractivity contribution in [2.75, 3.05) is 32.8 Å². The summed E-state index contributed by atoms with van der Waals surface area (Å²) in [7, 11) is 0.239. The van der Waals surface area contributed by atoms with E-state index in [-0.39, 0.29) is 0 Å². The van der Waals surface area contributed by atoms with Gasteiger partial charge in [0.25, 0.3) is 0 Å². The van der Waals surface area contributed by atoms with Crippen LogP contribution in [0.15, 0.2) is 4.36 Å². The van der Waals surface area contributed by atoms with Gasteiger partial charge in [-0.3, -0.25) is 9.14 Å². The molecule has 0 radical (unpaired) electrons. The third-order valence-electron chi connectivity index (χ3n) is 0.709. The van der Waals surface area contributed by atoms with Gasteiger partial charge in [0.2, 0.25) is 0 Å². The van der Waals surface area contributed by atoms with E-state index in [1.165, 1.54) is 0 Å². The van der Waals surface area contributed by atoms with Crippen molar-refractivity contribution < 1.29 is 4.74 Å². The van der Waals surface area contributed by atoms with E-state index in [9.17, 15) is 0 Å². The maximum atomic E-state index is 7.37. The number of nitrogens with one attached hydrogen (secondary N) is 1. The van der Waals surface area contributed by atoms with Crippen LogP contribution in [0.5, 0.6) is 0 Å². The smallest absolute Gasteiger partial charge is 0.0702 e. The zero-order chi connectivity index (χ0) is 7.33. The van der Waals surface area contributed by atoms with Gasteiger partial charge in [-0.1, -0.05) is 9.62 Å². The Hall–Kier alpha value is -0.0900. The summed E-state index contributed by atoms with van der Waals surface area (Å²) in [6.07, 6.45) is 3.67. The first-order valence-electron chi connectivity index (χ1n) is 2.72. The molecule has 0 aliphatic rings. The maximum absolute atomic E-state index is 7.37. The molecule has 1 N–H and O–H groups in total. The van der Waals surface area contributed by atoms with Crippen LogP contribution in [0.25, 0.3) is 0 Å². The molecule has 0 aliphatic carbocycles. The van der Waals surface area contributed by atoms with Gasteiger partial charge in [0.05, 0.1) is 13.2 Å². The molecule has 4 heteroatoms. The fourth-order valence-corrected chi connectivity index (χ4v) is 0.888. The van der Waals surface area contributed by atoms with Crippen molar-refractivity contribution in [2.45, 2.75) is 0 Å². The van der Waals surface area contributed by atoms with Crippen LogP contribution < -0.4 is 0 Å². The molecule has 0 bridgehead atoms. The molecule has 0 aromatic carbocycles. The van der Waals surface area contributed by atoms with Crippen LogP contribution in [0.4, 0.5) is 0 Å². The molecule has 0 fully saturated rings. The molecular weight excluding hydrogens is 136 g/mol. The Kier molecular flexibility index (Phi) is 3.81. The highest BCUT2D eigenvalue weighted by Gasteiger charge is 1.82. The van der Waals surface area contributed by atoms with Crippen LogP contribution in [-0.4, -0.2) is 32.8 Å². The second-order valence-corrected chi connectivity index (χ2v) is 4.92. The predicted octanol–water partition coefficient (Wildman–Crippen LogP) is 0.992. The summed E-state index contributed by atoms with van der Waals surface area (Å²) in [6.45, 7) is 1.29. The highest BCUT2D eigenvalue weighted by molar-refractivity contribution is 7.93. The molecule has 0 atom stereocenters. The molecule has 0 rings (SSSR count). The third-order valence-corrected chi connectivity index (χ3v) is 1.54. The SMILES string of the molecule is COCCN=S(C)(C)=N. The molecule has 56 valence electrons. The second-order valence-electron chi connectivity index (χ2n) is 2.12. The summed E-state index contributed by atoms with van der Waals surface area (Å²) in [5.74, 6) is 0. The van der Waals surface area contributed by atoms with E-state index in [2.05, 4.69) is 4.36 Å². The lowest BCUT2D eigenvalue weighted by Gasteiger charge is -1.97. The van der Waals surface area contributed by atoms with Gasteiger partial charge in [-0.05, 0) is 0 Å². The third kappa shape index (κ3) is 7.91. The normalized spacial score (nSPS) is 11.4. The summed E-state index contributed by atoms with van der Waals surface area (Å²) >= 11 is 0. The molecule has 9 heavy (non-hydrogen) atoms. The van der Waals surface area contributed by atoms with Gasteiger partial charge in [-0.15, -0.1) is 0 Å². The highest BCUT2D eigenvalue weighted by atomic mass is 32.2. The van der Waals surface area contributed by atoms with Gasteiger partial charge >= 0.3 is 0 Å². The standard InChI is InChI=1S/C5H14N2OS/c1-8-5-4-7-9(2,3)6/h6H,4-5H2,1-3H3. The topological polar surface area (TPSA) is 45.4 Å². The first kappa shape index (κ1) is 8.91. The van der Waals surface area contributed by atoms with E-state index in [0.717, 1.165) is 0 Å². The zero-order valence-electron chi connectivity index (χ0n) is 6.18. The summed E-state index contributed by atoms with van der Waals surface area (Å²) < 4.78 is 16.2. The van der Waals surface area contributed by atoms with Crippen molar-refractivity contribution in [1.29, 1.82) is 4.78 Å². The summed E-state index contributed by atoms with van der Waals surface area (Å²) in [4.78, 5) is 0. The number of nitrogens with zero attached hydrogens (tertiary/aromatic N) is 1. The van der Waals surface area contributed by atoms with Gasteiger partial charge in [-0.25, -0.2) is 0 Å². The Morgan fingerprint density at radius 1 is 1.56 bits per heavy atom. The number of rotatable bonds is 3. The van der Waals surface area contributed by atoms with E-state index in [1.54, 1.807) is 7.11 Å². The fraction of sp³-hybridized carbons (Fsp3) is 1.00. The molecular formula is C5H14N2OS. The van der Waals surface area contributed by atoms with E-state index >= 15 is 0 Å². The second kappa shape index (κ2) is 3.85. The lowest BCUT2D eigenvalue weighted by molar-refractivity contribution is 0.208. The first-order chi connectivity index (χ1) is 4.06. The quantitative estimate of drug-likeness (QED) is 0.599. The van der Waals surface area contributed by atoms with Crippen molar-refractivity contribution >= 4 is 9.62 Å². The van der Waals surface area contributed by atoms with E-state index in [1.807, 2.05) is 12.5 Å². The first-order valence-corrected chi connectivity index (χ1v) is 5.12. The molecule has 0 unspecified atom stereocenters. The van der Waals surface area contributed by atoms with Crippen LogP contribution in [0.1, 0.15) is 0 Å². The number of hydrogen-bond donors (Lipinski definition) is 1. The van der Waals surface area contributed by atoms with Gasteiger partial charge in [0.15, 0.2) is 0 Å². The Balaban J connectivity index is 3.59. The minimum absolute atomic E-state index is 0.634. The van der Waals surface area contributed by atoms with Gasteiger partial charge < -0.3 is 4.74 Å². The molecule has 0 saturated carbocycles. The predicted molar refractivity (Wildman–Crippen MR) is 41.1 cm³/mol. The molecule has 0 saturated heterocycles. The molecule has 0 aromatic rings. The Morgan fingerprint density at radius 3 is 2.44 bits per heavy atom. The number of methoxy groups -OCH3 is 1. The molecule has 0 amide bonds. The van der Waals surface area contributed by atoms with Crippen LogP contribution in [0, 0.1) is 4.78 Å². The summed E-state index contributed by atoms with van der Waals surface area (Å²) in [5.41, 5.74) is 0. The van der Waals surface area contributed by atoms with E-state index < -0.39 is 9.62 Å². The summed E-state index contributed by atoms with van der Waals surface area (Å²) in [5, 5.41) is 0. The lowest BCUT2D eigenvalue weighted by atomic mass is 10.7. The highest BCUT2D eigenvalue weighted by Crippen LogP contribution is 1.84. The summed E-state index contributed by atoms with van der Waals surface area (Å²) in [6, 6.07) is 0. The Labute approximate surface area is 57.0 Å². The average molecular weight is 150 g/mol.